The molecule has 0 aliphatic carbocycles. The topological polar surface area (TPSA) is 108 Å². The van der Waals surface area contributed by atoms with Crippen LogP contribution in [0, 0.1) is 13.8 Å². The molecule has 0 saturated carbocycles. The minimum Gasteiger partial charge on any atom is -0.378 e. The fraction of sp³-hybridized carbons (Fsp3) is 0.136. The SMILES string of the molecule is Cc1ccc2c(Nc3cc(-c4ccc(Sc5ccc(N(C)C)cc5)c(Nc5ncnc6nc(C)ccc56)c4)ccc3Sc3ccc(N(C)C)cc3)ncnc2n1. The zero-order chi connectivity index (χ0) is 38.8. The third-order valence-corrected chi connectivity index (χ3v) is 11.4. The van der Waals surface area contributed by atoms with E-state index in [9.17, 15) is 0 Å². The van der Waals surface area contributed by atoms with Crippen molar-refractivity contribution in [3.05, 3.63) is 133 Å². The second-order valence-electron chi connectivity index (χ2n) is 13.7. The Morgan fingerprint density at radius 1 is 0.464 bits per heavy atom. The molecular weight excluding hydrogens is 733 g/mol. The molecule has 10 nitrogen and oxygen atoms in total. The molecule has 8 aromatic rings. The number of nitrogens with zero attached hydrogens (tertiary/aromatic N) is 8. The number of rotatable bonds is 11. The van der Waals surface area contributed by atoms with E-state index in [2.05, 4.69) is 135 Å². The lowest BCUT2D eigenvalue weighted by atomic mass is 10.0. The molecule has 4 aromatic heterocycles. The first-order valence-electron chi connectivity index (χ1n) is 18.1. The lowest BCUT2D eigenvalue weighted by Gasteiger charge is -2.17. The molecule has 4 heterocycles. The third kappa shape index (κ3) is 8.07. The lowest BCUT2D eigenvalue weighted by Crippen LogP contribution is -2.07. The van der Waals surface area contributed by atoms with Gasteiger partial charge in [-0.25, -0.2) is 29.9 Å². The van der Waals surface area contributed by atoms with Crippen LogP contribution in [0.5, 0.6) is 0 Å². The Bertz CT molecular complexity index is 2500. The van der Waals surface area contributed by atoms with E-state index < -0.39 is 0 Å². The standard InChI is InChI=1S/C44H40N10S2/c1-27-7-19-35-41(49-27)45-25-47-43(35)51-37-23-29(9-21-39(37)55-33-15-11-31(12-16-33)53(3)4)30-10-22-40(56-34-17-13-32(14-18-34)54(5)6)38(24-30)52-44-36-20-8-28(2)50-42(36)46-26-48-44/h7-26H,1-6H3,(H,45,47,49,51)(H,46,48,50,52). The summed E-state index contributed by atoms with van der Waals surface area (Å²) in [6.07, 6.45) is 3.12. The van der Waals surface area contributed by atoms with Gasteiger partial charge in [0.15, 0.2) is 11.3 Å². The fourth-order valence-electron chi connectivity index (χ4n) is 6.20. The van der Waals surface area contributed by atoms with Gasteiger partial charge in [-0.2, -0.15) is 0 Å². The van der Waals surface area contributed by atoms with Crippen LogP contribution in [0.2, 0.25) is 0 Å². The highest BCUT2D eigenvalue weighted by Gasteiger charge is 2.15. The molecule has 12 heteroatoms. The van der Waals surface area contributed by atoms with Crippen molar-refractivity contribution < 1.29 is 0 Å². The van der Waals surface area contributed by atoms with Crippen LogP contribution in [0.3, 0.4) is 0 Å². The molecule has 0 bridgehead atoms. The molecule has 278 valence electrons. The number of hydrogen-bond donors (Lipinski definition) is 2. The number of nitrogens with one attached hydrogen (secondary N) is 2. The molecule has 4 aromatic carbocycles. The maximum absolute atomic E-state index is 4.66. The smallest absolute Gasteiger partial charge is 0.164 e. The van der Waals surface area contributed by atoms with E-state index in [0.717, 1.165) is 75.6 Å². The van der Waals surface area contributed by atoms with Gasteiger partial charge in [0.2, 0.25) is 0 Å². The van der Waals surface area contributed by atoms with E-state index in [0.29, 0.717) is 22.9 Å². The van der Waals surface area contributed by atoms with Gasteiger partial charge >= 0.3 is 0 Å². The predicted molar refractivity (Wildman–Crippen MR) is 232 cm³/mol. The van der Waals surface area contributed by atoms with Crippen molar-refractivity contribution in [2.45, 2.75) is 33.4 Å². The molecule has 0 fully saturated rings. The largest absolute Gasteiger partial charge is 0.378 e. The van der Waals surface area contributed by atoms with Crippen LogP contribution in [-0.2, 0) is 0 Å². The Morgan fingerprint density at radius 3 is 1.27 bits per heavy atom. The summed E-state index contributed by atoms with van der Waals surface area (Å²) in [5, 5.41) is 9.03. The Morgan fingerprint density at radius 2 is 0.875 bits per heavy atom. The predicted octanol–water partition coefficient (Wildman–Crippen LogP) is 10.6. The van der Waals surface area contributed by atoms with Crippen LogP contribution in [0.4, 0.5) is 34.4 Å². The summed E-state index contributed by atoms with van der Waals surface area (Å²) in [5.74, 6) is 1.39. The molecule has 0 aliphatic heterocycles. The number of hydrogen-bond acceptors (Lipinski definition) is 12. The molecule has 0 aliphatic rings. The molecule has 0 amide bonds. The van der Waals surface area contributed by atoms with E-state index >= 15 is 0 Å². The first-order valence-corrected chi connectivity index (χ1v) is 19.7. The Labute approximate surface area is 334 Å². The highest BCUT2D eigenvalue weighted by Crippen LogP contribution is 2.42. The molecule has 8 rings (SSSR count). The molecule has 2 N–H and O–H groups in total. The summed E-state index contributed by atoms with van der Waals surface area (Å²) in [6, 6.07) is 38.2. The summed E-state index contributed by atoms with van der Waals surface area (Å²) in [7, 11) is 8.20. The van der Waals surface area contributed by atoms with Gasteiger partial charge in [-0.15, -0.1) is 0 Å². The van der Waals surface area contributed by atoms with Gasteiger partial charge in [0, 0.05) is 70.5 Å². The summed E-state index contributed by atoms with van der Waals surface area (Å²) in [4.78, 5) is 36.1. The highest BCUT2D eigenvalue weighted by atomic mass is 32.2. The van der Waals surface area contributed by atoms with Crippen molar-refractivity contribution in [2.24, 2.45) is 0 Å². The average molecular weight is 773 g/mol. The van der Waals surface area contributed by atoms with E-state index in [1.54, 1.807) is 36.2 Å². The van der Waals surface area contributed by atoms with Crippen molar-refractivity contribution in [1.29, 1.82) is 0 Å². The quantitative estimate of drug-likeness (QED) is 0.131. The van der Waals surface area contributed by atoms with Gasteiger partial charge in [0.1, 0.15) is 24.3 Å². The Hall–Kier alpha value is -6.24. The van der Waals surface area contributed by atoms with Crippen LogP contribution in [0.25, 0.3) is 33.2 Å². The monoisotopic (exact) mass is 772 g/mol. The summed E-state index contributed by atoms with van der Waals surface area (Å²) in [5.41, 5.74) is 9.30. The van der Waals surface area contributed by atoms with Gasteiger partial charge in [0.05, 0.1) is 22.1 Å². The third-order valence-electron chi connectivity index (χ3n) is 9.23. The summed E-state index contributed by atoms with van der Waals surface area (Å²) >= 11 is 3.40. The Balaban J connectivity index is 1.21. The van der Waals surface area contributed by atoms with Crippen molar-refractivity contribution in [1.82, 2.24) is 29.9 Å². The number of anilines is 6. The maximum atomic E-state index is 4.66. The summed E-state index contributed by atoms with van der Waals surface area (Å²) < 4.78 is 0. The fourth-order valence-corrected chi connectivity index (χ4v) is 7.96. The van der Waals surface area contributed by atoms with E-state index in [-0.39, 0.29) is 0 Å². The number of fused-ring (bicyclic) bond motifs is 2. The normalized spacial score (nSPS) is 11.2. The molecule has 0 radical (unpaired) electrons. The van der Waals surface area contributed by atoms with Crippen molar-refractivity contribution >= 4 is 80.0 Å². The van der Waals surface area contributed by atoms with Crippen LogP contribution in [0.1, 0.15) is 11.4 Å². The number of pyridine rings is 2. The minimum absolute atomic E-state index is 0.648. The molecular formula is C44H40N10S2. The zero-order valence-electron chi connectivity index (χ0n) is 31.9. The Kier molecular flexibility index (Phi) is 10.4. The first-order chi connectivity index (χ1) is 27.2. The highest BCUT2D eigenvalue weighted by molar-refractivity contribution is 7.99. The number of benzene rings is 4. The average Bonchev–Trinajstić information content (AvgIpc) is 3.19. The van der Waals surface area contributed by atoms with Gasteiger partial charge in [-0.05, 0) is 122 Å². The summed E-state index contributed by atoms with van der Waals surface area (Å²) in [6.45, 7) is 3.93. The van der Waals surface area contributed by atoms with Gasteiger partial charge in [-0.1, -0.05) is 35.7 Å². The van der Waals surface area contributed by atoms with Crippen LogP contribution in [0.15, 0.2) is 141 Å². The van der Waals surface area contributed by atoms with Crippen molar-refractivity contribution in [3.63, 3.8) is 0 Å². The van der Waals surface area contributed by atoms with Crippen LogP contribution >= 0.6 is 23.5 Å². The van der Waals surface area contributed by atoms with Gasteiger partial charge in [0.25, 0.3) is 0 Å². The maximum Gasteiger partial charge on any atom is 0.164 e. The van der Waals surface area contributed by atoms with Crippen molar-refractivity contribution in [2.75, 3.05) is 48.6 Å². The number of aryl methyl sites for hydroxylation is 2. The van der Waals surface area contributed by atoms with Crippen LogP contribution < -0.4 is 20.4 Å². The molecule has 0 spiro atoms. The lowest BCUT2D eigenvalue weighted by molar-refractivity contribution is 1.13. The van der Waals surface area contributed by atoms with E-state index in [1.807, 2.05) is 66.3 Å². The van der Waals surface area contributed by atoms with Crippen LogP contribution in [-0.4, -0.2) is 58.1 Å². The minimum atomic E-state index is 0.648. The molecule has 0 saturated heterocycles. The van der Waals surface area contributed by atoms with Crippen molar-refractivity contribution in [3.8, 4) is 11.1 Å². The molecule has 0 atom stereocenters. The van der Waals surface area contributed by atoms with Gasteiger partial charge < -0.3 is 20.4 Å². The second-order valence-corrected chi connectivity index (χ2v) is 16.0. The number of aromatic nitrogens is 6. The van der Waals surface area contributed by atoms with Gasteiger partial charge in [-0.3, -0.25) is 0 Å². The molecule has 56 heavy (non-hydrogen) atoms. The second kappa shape index (κ2) is 15.9. The zero-order valence-corrected chi connectivity index (χ0v) is 33.6. The van der Waals surface area contributed by atoms with E-state index in [4.69, 9.17) is 0 Å². The first kappa shape index (κ1) is 36.7. The van der Waals surface area contributed by atoms with E-state index in [1.165, 1.54) is 0 Å². The molecule has 0 unspecified atom stereocenters.